The molecule has 0 aliphatic rings. The normalized spacial score (nSPS) is 12.8. The molecule has 0 aliphatic heterocycles. The zero-order valence-corrected chi connectivity index (χ0v) is 15.7. The maximum absolute atomic E-state index is 10.8. The van der Waals surface area contributed by atoms with Crippen LogP contribution in [0.2, 0.25) is 0 Å². The van der Waals surface area contributed by atoms with Crippen LogP contribution in [0.5, 0.6) is 0 Å². The Morgan fingerprint density at radius 2 is 1.42 bits per heavy atom. The van der Waals surface area contributed by atoms with E-state index in [1.807, 2.05) is 0 Å². The molecular formula is C16H36O7S. The van der Waals surface area contributed by atoms with Gasteiger partial charge < -0.3 is 15.3 Å². The van der Waals surface area contributed by atoms with Gasteiger partial charge in [-0.25, -0.2) is 4.18 Å². The Bertz CT molecular complexity index is 346. The Morgan fingerprint density at radius 1 is 0.917 bits per heavy atom. The number of aliphatic hydroxyl groups excluding tert-OH is 1. The molecule has 4 N–H and O–H groups in total. The topological polar surface area (TPSA) is 125 Å². The van der Waals surface area contributed by atoms with Crippen LogP contribution in [0.3, 0.4) is 0 Å². The molecule has 24 heavy (non-hydrogen) atoms. The fourth-order valence-electron chi connectivity index (χ4n) is 2.47. The lowest BCUT2D eigenvalue weighted by Gasteiger charge is -2.15. The summed E-state index contributed by atoms with van der Waals surface area (Å²) in [5.74, 6) is 0. The maximum atomic E-state index is 10.8. The number of aliphatic hydroxyl groups is 1. The number of hydrogen-bond donors (Lipinski definition) is 2. The quantitative estimate of drug-likeness (QED) is 0.299. The minimum atomic E-state index is -4.47. The summed E-state index contributed by atoms with van der Waals surface area (Å²) in [6, 6.07) is 0. The molecule has 0 radical (unpaired) electrons. The van der Waals surface area contributed by atoms with E-state index < -0.39 is 16.5 Å². The van der Waals surface area contributed by atoms with Crippen LogP contribution in [0.25, 0.3) is 0 Å². The van der Waals surface area contributed by atoms with Crippen molar-refractivity contribution in [2.24, 2.45) is 0 Å². The number of unbranched alkanes of at least 4 members (excludes halogenated alkanes) is 9. The SMILES string of the molecule is CCCCCCCCCCCCC(COCCO)OS(=O)(=O)O.O. The summed E-state index contributed by atoms with van der Waals surface area (Å²) in [6.07, 6.45) is 11.8. The molecule has 0 heterocycles. The standard InChI is InChI=1S/C16H34O6S.H2O/c1-2-3-4-5-6-7-8-9-10-11-12-16(15-21-14-13-17)22-23(18,19)20;/h16-17H,2-15H2,1H3,(H,18,19,20);1H2. The molecule has 1 atom stereocenters. The second kappa shape index (κ2) is 17.6. The lowest BCUT2D eigenvalue weighted by atomic mass is 10.0. The van der Waals surface area contributed by atoms with Crippen molar-refractivity contribution in [2.45, 2.75) is 83.7 Å². The van der Waals surface area contributed by atoms with Crippen molar-refractivity contribution in [2.75, 3.05) is 19.8 Å². The van der Waals surface area contributed by atoms with Gasteiger partial charge >= 0.3 is 10.4 Å². The fraction of sp³-hybridized carbons (Fsp3) is 1.00. The first-order valence-corrected chi connectivity index (χ1v) is 10.2. The van der Waals surface area contributed by atoms with E-state index in [9.17, 15) is 8.42 Å². The van der Waals surface area contributed by atoms with Gasteiger partial charge in [-0.2, -0.15) is 8.42 Å². The molecule has 0 rings (SSSR count). The van der Waals surface area contributed by atoms with Crippen LogP contribution in [0.1, 0.15) is 77.6 Å². The van der Waals surface area contributed by atoms with Gasteiger partial charge in [0.05, 0.1) is 19.8 Å². The monoisotopic (exact) mass is 372 g/mol. The van der Waals surface area contributed by atoms with E-state index in [-0.39, 0.29) is 25.3 Å². The number of hydrogen-bond acceptors (Lipinski definition) is 5. The van der Waals surface area contributed by atoms with Crippen LogP contribution in [-0.2, 0) is 19.3 Å². The summed E-state index contributed by atoms with van der Waals surface area (Å²) in [5, 5.41) is 8.64. The molecule has 0 saturated carbocycles. The number of rotatable bonds is 17. The average molecular weight is 373 g/mol. The van der Waals surface area contributed by atoms with Crippen LogP contribution in [0.15, 0.2) is 0 Å². The van der Waals surface area contributed by atoms with Gasteiger partial charge in [0.1, 0.15) is 6.10 Å². The summed E-state index contributed by atoms with van der Waals surface area (Å²) in [5.41, 5.74) is 0. The third-order valence-electron chi connectivity index (χ3n) is 3.68. The Morgan fingerprint density at radius 3 is 1.88 bits per heavy atom. The second-order valence-electron chi connectivity index (χ2n) is 5.92. The smallest absolute Gasteiger partial charge is 0.397 e. The van der Waals surface area contributed by atoms with Gasteiger partial charge in [-0.1, -0.05) is 71.1 Å². The summed E-state index contributed by atoms with van der Waals surface area (Å²) in [6.45, 7) is 2.27. The van der Waals surface area contributed by atoms with Crippen molar-refractivity contribution in [1.29, 1.82) is 0 Å². The molecule has 0 aromatic rings. The van der Waals surface area contributed by atoms with E-state index in [0.717, 1.165) is 19.3 Å². The van der Waals surface area contributed by atoms with Crippen molar-refractivity contribution >= 4 is 10.4 Å². The Balaban J connectivity index is 0. The summed E-state index contributed by atoms with van der Waals surface area (Å²) >= 11 is 0. The van der Waals surface area contributed by atoms with Crippen LogP contribution in [0.4, 0.5) is 0 Å². The van der Waals surface area contributed by atoms with Gasteiger partial charge in [-0.3, -0.25) is 4.55 Å². The second-order valence-corrected chi connectivity index (χ2v) is 6.96. The number of ether oxygens (including phenoxy) is 1. The van der Waals surface area contributed by atoms with E-state index >= 15 is 0 Å². The average Bonchev–Trinajstić information content (AvgIpc) is 2.47. The minimum Gasteiger partial charge on any atom is -0.412 e. The van der Waals surface area contributed by atoms with Crippen LogP contribution in [-0.4, -0.2) is 49.5 Å². The van der Waals surface area contributed by atoms with Crippen molar-refractivity contribution < 1.29 is 32.5 Å². The molecule has 0 saturated heterocycles. The van der Waals surface area contributed by atoms with Crippen LogP contribution in [0, 0.1) is 0 Å². The molecular weight excluding hydrogens is 336 g/mol. The largest absolute Gasteiger partial charge is 0.412 e. The van der Waals surface area contributed by atoms with Crippen molar-refractivity contribution in [3.63, 3.8) is 0 Å². The predicted octanol–water partition coefficient (Wildman–Crippen LogP) is 2.67. The van der Waals surface area contributed by atoms with E-state index in [1.165, 1.54) is 44.9 Å². The highest BCUT2D eigenvalue weighted by atomic mass is 32.3. The molecule has 0 bridgehead atoms. The maximum Gasteiger partial charge on any atom is 0.397 e. The first-order valence-electron chi connectivity index (χ1n) is 8.84. The Hall–Kier alpha value is -0.250. The molecule has 7 nitrogen and oxygen atoms in total. The molecule has 0 fully saturated rings. The van der Waals surface area contributed by atoms with Gasteiger partial charge in [-0.15, -0.1) is 0 Å². The molecule has 0 aliphatic carbocycles. The van der Waals surface area contributed by atoms with Gasteiger partial charge in [0.15, 0.2) is 0 Å². The van der Waals surface area contributed by atoms with Crippen LogP contribution < -0.4 is 0 Å². The highest BCUT2D eigenvalue weighted by molar-refractivity contribution is 7.80. The Kier molecular flexibility index (Phi) is 19.0. The first-order chi connectivity index (χ1) is 11.0. The summed E-state index contributed by atoms with van der Waals surface area (Å²) in [4.78, 5) is 0. The van der Waals surface area contributed by atoms with E-state index in [0.29, 0.717) is 6.42 Å². The molecule has 148 valence electrons. The van der Waals surface area contributed by atoms with Crippen molar-refractivity contribution in [1.82, 2.24) is 0 Å². The summed E-state index contributed by atoms with van der Waals surface area (Å²) < 4.78 is 40.0. The molecule has 1 unspecified atom stereocenters. The van der Waals surface area contributed by atoms with Gasteiger partial charge in [0.2, 0.25) is 0 Å². The van der Waals surface area contributed by atoms with Gasteiger partial charge in [0.25, 0.3) is 0 Å². The molecule has 0 spiro atoms. The zero-order chi connectivity index (χ0) is 17.4. The third kappa shape index (κ3) is 19.8. The third-order valence-corrected chi connectivity index (χ3v) is 4.19. The molecule has 8 heteroatoms. The highest BCUT2D eigenvalue weighted by Crippen LogP contribution is 2.14. The molecule has 0 amide bonds. The predicted molar refractivity (Wildman–Crippen MR) is 94.4 cm³/mol. The zero-order valence-electron chi connectivity index (χ0n) is 14.9. The van der Waals surface area contributed by atoms with E-state index in [4.69, 9.17) is 14.4 Å². The summed E-state index contributed by atoms with van der Waals surface area (Å²) in [7, 11) is -4.47. The first kappa shape index (κ1) is 26.0. The molecule has 0 aromatic carbocycles. The lowest BCUT2D eigenvalue weighted by molar-refractivity contribution is 0.0262. The minimum absolute atomic E-state index is 0. The Labute approximate surface area is 147 Å². The van der Waals surface area contributed by atoms with Crippen molar-refractivity contribution in [3.05, 3.63) is 0 Å². The van der Waals surface area contributed by atoms with Gasteiger partial charge in [-0.05, 0) is 6.42 Å². The highest BCUT2D eigenvalue weighted by Gasteiger charge is 2.17. The van der Waals surface area contributed by atoms with E-state index in [2.05, 4.69) is 11.1 Å². The van der Waals surface area contributed by atoms with Crippen molar-refractivity contribution in [3.8, 4) is 0 Å². The van der Waals surface area contributed by atoms with Gasteiger partial charge in [0, 0.05) is 0 Å². The molecule has 0 aromatic heterocycles. The van der Waals surface area contributed by atoms with Crippen LogP contribution >= 0.6 is 0 Å². The fourth-order valence-corrected chi connectivity index (χ4v) is 2.97. The lowest BCUT2D eigenvalue weighted by Crippen LogP contribution is -2.24. The van der Waals surface area contributed by atoms with E-state index in [1.54, 1.807) is 0 Å².